The van der Waals surface area contributed by atoms with Crippen molar-refractivity contribution in [3.05, 3.63) is 47.5 Å². The number of esters is 1. The highest BCUT2D eigenvalue weighted by Crippen LogP contribution is 2.28. The predicted molar refractivity (Wildman–Crippen MR) is 74.1 cm³/mol. The zero-order chi connectivity index (χ0) is 14.8. The van der Waals surface area contributed by atoms with E-state index in [2.05, 4.69) is 4.98 Å². The highest BCUT2D eigenvalue weighted by Gasteiger charge is 2.26. The predicted octanol–water partition coefficient (Wildman–Crippen LogP) is 1.95. The van der Waals surface area contributed by atoms with Gasteiger partial charge in [0.15, 0.2) is 5.69 Å². The second-order valence-corrected chi connectivity index (χ2v) is 4.76. The fourth-order valence-electron chi connectivity index (χ4n) is 2.41. The number of ether oxygens (including phenoxy) is 3. The van der Waals surface area contributed by atoms with Crippen molar-refractivity contribution in [3.63, 3.8) is 0 Å². The molecule has 3 rings (SSSR count). The summed E-state index contributed by atoms with van der Waals surface area (Å²) in [7, 11) is 2.98. The molecular formula is C15H16N2O4. The molecule has 2 aromatic rings. The lowest BCUT2D eigenvalue weighted by molar-refractivity contribution is 0.00200. The number of carbonyl (C=O) groups excluding carboxylic acids is 1. The van der Waals surface area contributed by atoms with Crippen LogP contribution in [0.2, 0.25) is 0 Å². The second kappa shape index (κ2) is 5.57. The molecule has 0 spiro atoms. The van der Waals surface area contributed by atoms with E-state index >= 15 is 0 Å². The summed E-state index contributed by atoms with van der Waals surface area (Å²) in [4.78, 5) is 15.7. The van der Waals surface area contributed by atoms with E-state index in [9.17, 15) is 4.79 Å². The molecule has 0 N–H and O–H groups in total. The van der Waals surface area contributed by atoms with E-state index in [0.29, 0.717) is 18.8 Å². The smallest absolute Gasteiger partial charge is 0.358 e. The summed E-state index contributed by atoms with van der Waals surface area (Å²) in [6.45, 7) is 0.951. The molecule has 1 aliphatic heterocycles. The number of aromatic nitrogens is 2. The number of carbonyl (C=O) groups is 1. The molecule has 6 heteroatoms. The number of fused-ring (bicyclic) bond motifs is 1. The minimum absolute atomic E-state index is 0.0666. The third-order valence-electron chi connectivity index (χ3n) is 3.60. The van der Waals surface area contributed by atoms with Gasteiger partial charge in [-0.2, -0.15) is 0 Å². The first-order chi connectivity index (χ1) is 10.2. The first-order valence-corrected chi connectivity index (χ1v) is 6.60. The van der Waals surface area contributed by atoms with E-state index in [-0.39, 0.29) is 6.10 Å². The van der Waals surface area contributed by atoms with Crippen LogP contribution in [0.1, 0.15) is 27.8 Å². The zero-order valence-corrected chi connectivity index (χ0v) is 11.9. The normalized spacial score (nSPS) is 17.1. The third-order valence-corrected chi connectivity index (χ3v) is 3.60. The number of nitrogens with zero attached hydrogens (tertiary/aromatic N) is 2. The highest BCUT2D eigenvalue weighted by atomic mass is 16.5. The van der Waals surface area contributed by atoms with Gasteiger partial charge in [0.25, 0.3) is 0 Å². The standard InChI is InChI=1S/C15H16N2O4/c1-19-11-5-3-10(4-6-11)13-7-17-9-16-14(15(18)20-2)12(17)8-21-13/h3-6,9,13H,7-8H2,1-2H3. The van der Waals surface area contributed by atoms with Gasteiger partial charge in [0.05, 0.1) is 39.4 Å². The van der Waals surface area contributed by atoms with E-state index < -0.39 is 5.97 Å². The first-order valence-electron chi connectivity index (χ1n) is 6.60. The number of imidazole rings is 1. The van der Waals surface area contributed by atoms with Crippen molar-refractivity contribution >= 4 is 5.97 Å². The Hall–Kier alpha value is -2.34. The Bertz CT molecular complexity index is 648. The molecule has 0 saturated carbocycles. The van der Waals surface area contributed by atoms with E-state index in [1.807, 2.05) is 28.8 Å². The van der Waals surface area contributed by atoms with Gasteiger partial charge in [-0.3, -0.25) is 0 Å². The lowest BCUT2D eigenvalue weighted by Crippen LogP contribution is -2.22. The molecule has 6 nitrogen and oxygen atoms in total. The summed E-state index contributed by atoms with van der Waals surface area (Å²) < 4.78 is 17.6. The van der Waals surface area contributed by atoms with Crippen molar-refractivity contribution in [2.75, 3.05) is 14.2 Å². The van der Waals surface area contributed by atoms with Gasteiger partial charge >= 0.3 is 5.97 Å². The molecule has 21 heavy (non-hydrogen) atoms. The van der Waals surface area contributed by atoms with Crippen LogP contribution in [-0.4, -0.2) is 29.7 Å². The van der Waals surface area contributed by atoms with E-state index in [4.69, 9.17) is 14.2 Å². The summed E-state index contributed by atoms with van der Waals surface area (Å²) in [5, 5.41) is 0. The number of hydrogen-bond donors (Lipinski definition) is 0. The molecular weight excluding hydrogens is 272 g/mol. The minimum Gasteiger partial charge on any atom is -0.497 e. The molecule has 1 unspecified atom stereocenters. The van der Waals surface area contributed by atoms with Crippen molar-refractivity contribution in [3.8, 4) is 5.75 Å². The summed E-state index contributed by atoms with van der Waals surface area (Å²) in [5.74, 6) is 0.376. The molecule has 1 aromatic heterocycles. The maximum atomic E-state index is 11.6. The van der Waals surface area contributed by atoms with Gasteiger partial charge in [-0.1, -0.05) is 12.1 Å². The molecule has 0 saturated heterocycles. The van der Waals surface area contributed by atoms with E-state index in [0.717, 1.165) is 17.0 Å². The molecule has 0 amide bonds. The lowest BCUT2D eigenvalue weighted by atomic mass is 10.1. The Kier molecular flexibility index (Phi) is 3.62. The Morgan fingerprint density at radius 2 is 2.10 bits per heavy atom. The number of rotatable bonds is 3. The van der Waals surface area contributed by atoms with Crippen LogP contribution in [0.4, 0.5) is 0 Å². The van der Waals surface area contributed by atoms with Crippen molar-refractivity contribution in [1.82, 2.24) is 9.55 Å². The van der Waals surface area contributed by atoms with Crippen molar-refractivity contribution in [2.24, 2.45) is 0 Å². The first kappa shape index (κ1) is 13.6. The number of methoxy groups -OCH3 is 2. The average molecular weight is 288 g/mol. The number of hydrogen-bond acceptors (Lipinski definition) is 5. The van der Waals surface area contributed by atoms with Crippen LogP contribution < -0.4 is 4.74 Å². The summed E-state index contributed by atoms with van der Waals surface area (Å²) in [6.07, 6.45) is 1.59. The van der Waals surface area contributed by atoms with Crippen molar-refractivity contribution in [1.29, 1.82) is 0 Å². The Morgan fingerprint density at radius 1 is 1.33 bits per heavy atom. The third kappa shape index (κ3) is 2.50. The Balaban J connectivity index is 1.81. The second-order valence-electron chi connectivity index (χ2n) is 4.76. The lowest BCUT2D eigenvalue weighted by Gasteiger charge is -2.25. The summed E-state index contributed by atoms with van der Waals surface area (Å²) in [6, 6.07) is 7.77. The highest BCUT2D eigenvalue weighted by molar-refractivity contribution is 5.88. The van der Waals surface area contributed by atoms with Gasteiger partial charge in [0.2, 0.25) is 0 Å². The van der Waals surface area contributed by atoms with Crippen LogP contribution in [-0.2, 0) is 22.6 Å². The van der Waals surface area contributed by atoms with Crippen molar-refractivity contribution < 1.29 is 19.0 Å². The zero-order valence-electron chi connectivity index (χ0n) is 11.9. The molecule has 1 atom stereocenters. The van der Waals surface area contributed by atoms with Crippen LogP contribution in [0.5, 0.6) is 5.75 Å². The maximum Gasteiger partial charge on any atom is 0.358 e. The topological polar surface area (TPSA) is 62.6 Å². The fraction of sp³-hybridized carbons (Fsp3) is 0.333. The molecule has 1 aliphatic rings. The SMILES string of the molecule is COC(=O)c1ncn2c1COC(c1ccc(OC)cc1)C2. The van der Waals surface area contributed by atoms with Crippen LogP contribution in [0.15, 0.2) is 30.6 Å². The molecule has 0 bridgehead atoms. The Morgan fingerprint density at radius 3 is 2.76 bits per heavy atom. The van der Waals surface area contributed by atoms with Gasteiger partial charge in [-0.25, -0.2) is 9.78 Å². The summed E-state index contributed by atoms with van der Waals surface area (Å²) in [5.41, 5.74) is 2.15. The molecule has 0 fully saturated rings. The minimum atomic E-state index is -0.435. The van der Waals surface area contributed by atoms with E-state index in [1.54, 1.807) is 13.4 Å². The van der Waals surface area contributed by atoms with Gasteiger partial charge in [0, 0.05) is 0 Å². The number of benzene rings is 1. The van der Waals surface area contributed by atoms with E-state index in [1.165, 1.54) is 7.11 Å². The maximum absolute atomic E-state index is 11.6. The average Bonchev–Trinajstić information content (AvgIpc) is 2.97. The van der Waals surface area contributed by atoms with Gasteiger partial charge in [-0.15, -0.1) is 0 Å². The van der Waals surface area contributed by atoms with Gasteiger partial charge in [0.1, 0.15) is 11.9 Å². The van der Waals surface area contributed by atoms with Crippen LogP contribution in [0, 0.1) is 0 Å². The van der Waals surface area contributed by atoms with Crippen LogP contribution in [0.25, 0.3) is 0 Å². The monoisotopic (exact) mass is 288 g/mol. The molecule has 1 aromatic carbocycles. The largest absolute Gasteiger partial charge is 0.497 e. The fourth-order valence-corrected chi connectivity index (χ4v) is 2.41. The van der Waals surface area contributed by atoms with Crippen LogP contribution in [0.3, 0.4) is 0 Å². The molecule has 2 heterocycles. The molecule has 110 valence electrons. The summed E-state index contributed by atoms with van der Waals surface area (Å²) >= 11 is 0. The Labute approximate surface area is 122 Å². The molecule has 0 aliphatic carbocycles. The quantitative estimate of drug-likeness (QED) is 0.808. The van der Waals surface area contributed by atoms with Crippen molar-refractivity contribution in [2.45, 2.75) is 19.3 Å². The van der Waals surface area contributed by atoms with Gasteiger partial charge in [-0.05, 0) is 17.7 Å². The van der Waals surface area contributed by atoms with Gasteiger partial charge < -0.3 is 18.8 Å². The van der Waals surface area contributed by atoms with Crippen LogP contribution >= 0.6 is 0 Å². The molecule has 0 radical (unpaired) electrons.